The van der Waals surface area contributed by atoms with Crippen LogP contribution in [-0.4, -0.2) is 25.7 Å². The Bertz CT molecular complexity index is 743. The highest BCUT2D eigenvalue weighted by Gasteiger charge is 2.09. The van der Waals surface area contributed by atoms with Crippen molar-refractivity contribution in [3.63, 3.8) is 0 Å². The quantitative estimate of drug-likeness (QED) is 0.742. The van der Waals surface area contributed by atoms with Crippen LogP contribution in [-0.2, 0) is 11.3 Å². The van der Waals surface area contributed by atoms with E-state index in [1.165, 1.54) is 0 Å². The number of hydrogen-bond donors (Lipinski definition) is 1. The Hall–Kier alpha value is -2.69. The van der Waals surface area contributed by atoms with E-state index in [0.717, 1.165) is 22.4 Å². The molecular weight excluding hydrogens is 330 g/mol. The Morgan fingerprint density at radius 2 is 1.65 bits per heavy atom. The zero-order chi connectivity index (χ0) is 18.9. The van der Waals surface area contributed by atoms with E-state index in [9.17, 15) is 4.79 Å². The lowest BCUT2D eigenvalue weighted by Crippen LogP contribution is -2.28. The first-order valence-corrected chi connectivity index (χ1v) is 8.89. The summed E-state index contributed by atoms with van der Waals surface area (Å²) in [6, 6.07) is 11.5. The number of rotatable bonds is 9. The zero-order valence-corrected chi connectivity index (χ0v) is 15.9. The van der Waals surface area contributed by atoms with Crippen LogP contribution in [0.4, 0.5) is 0 Å². The molecule has 2 aromatic rings. The van der Waals surface area contributed by atoms with Gasteiger partial charge in [-0.05, 0) is 62.6 Å². The number of aryl methyl sites for hydroxylation is 1. The summed E-state index contributed by atoms with van der Waals surface area (Å²) < 4.78 is 16.8. The highest BCUT2D eigenvalue weighted by atomic mass is 16.5. The van der Waals surface area contributed by atoms with Crippen molar-refractivity contribution in [3.05, 3.63) is 53.1 Å². The molecule has 0 fully saturated rings. The van der Waals surface area contributed by atoms with Crippen LogP contribution < -0.4 is 19.5 Å². The Labute approximate surface area is 155 Å². The first kappa shape index (κ1) is 19.6. The van der Waals surface area contributed by atoms with Crippen molar-refractivity contribution in [2.75, 3.05) is 19.8 Å². The fourth-order valence-electron chi connectivity index (χ4n) is 2.48. The van der Waals surface area contributed by atoms with Crippen molar-refractivity contribution in [1.29, 1.82) is 0 Å². The monoisotopic (exact) mass is 357 g/mol. The molecule has 0 unspecified atom stereocenters. The first-order valence-electron chi connectivity index (χ1n) is 8.89. The lowest BCUT2D eigenvalue weighted by molar-refractivity contribution is -0.123. The van der Waals surface area contributed by atoms with E-state index in [0.29, 0.717) is 31.3 Å². The molecule has 0 saturated carbocycles. The second-order valence-corrected chi connectivity index (χ2v) is 5.91. The molecule has 0 aliphatic carbocycles. The second kappa shape index (κ2) is 9.70. The van der Waals surface area contributed by atoms with Crippen LogP contribution in [0.15, 0.2) is 36.4 Å². The van der Waals surface area contributed by atoms with E-state index in [-0.39, 0.29) is 12.5 Å². The van der Waals surface area contributed by atoms with Gasteiger partial charge < -0.3 is 19.5 Å². The molecule has 0 saturated heterocycles. The van der Waals surface area contributed by atoms with Crippen LogP contribution >= 0.6 is 0 Å². The number of ether oxygens (including phenoxy) is 3. The zero-order valence-electron chi connectivity index (χ0n) is 15.9. The SMILES string of the molecule is CCOc1ccc(CNC(=O)COc2cccc(C)c2C)cc1OCC. The van der Waals surface area contributed by atoms with Gasteiger partial charge >= 0.3 is 0 Å². The fourth-order valence-corrected chi connectivity index (χ4v) is 2.48. The average Bonchev–Trinajstić information content (AvgIpc) is 2.63. The Balaban J connectivity index is 1.90. The van der Waals surface area contributed by atoms with Gasteiger partial charge in [0.15, 0.2) is 18.1 Å². The van der Waals surface area contributed by atoms with Gasteiger partial charge in [-0.2, -0.15) is 0 Å². The predicted molar refractivity (Wildman–Crippen MR) is 102 cm³/mol. The van der Waals surface area contributed by atoms with Gasteiger partial charge in [0.25, 0.3) is 5.91 Å². The molecule has 0 atom stereocenters. The largest absolute Gasteiger partial charge is 0.490 e. The van der Waals surface area contributed by atoms with Crippen molar-refractivity contribution in [2.45, 2.75) is 34.2 Å². The minimum atomic E-state index is -0.169. The summed E-state index contributed by atoms with van der Waals surface area (Å²) in [4.78, 5) is 12.1. The van der Waals surface area contributed by atoms with E-state index in [4.69, 9.17) is 14.2 Å². The molecule has 0 aliphatic rings. The highest BCUT2D eigenvalue weighted by molar-refractivity contribution is 5.77. The maximum Gasteiger partial charge on any atom is 0.258 e. The van der Waals surface area contributed by atoms with Crippen LogP contribution in [0, 0.1) is 13.8 Å². The molecule has 2 rings (SSSR count). The second-order valence-electron chi connectivity index (χ2n) is 5.91. The molecule has 0 aliphatic heterocycles. The van der Waals surface area contributed by atoms with Gasteiger partial charge in [0.05, 0.1) is 13.2 Å². The standard InChI is InChI=1S/C21H27NO4/c1-5-24-19-11-10-17(12-20(19)25-6-2)13-22-21(23)14-26-18-9-7-8-15(3)16(18)4/h7-12H,5-6,13-14H2,1-4H3,(H,22,23). The lowest BCUT2D eigenvalue weighted by atomic mass is 10.1. The molecule has 0 aromatic heterocycles. The van der Waals surface area contributed by atoms with Gasteiger partial charge in [-0.3, -0.25) is 4.79 Å². The topological polar surface area (TPSA) is 56.8 Å². The van der Waals surface area contributed by atoms with Crippen molar-refractivity contribution in [2.24, 2.45) is 0 Å². The molecule has 0 heterocycles. The van der Waals surface area contributed by atoms with Crippen LogP contribution in [0.3, 0.4) is 0 Å². The number of nitrogens with one attached hydrogen (secondary N) is 1. The van der Waals surface area contributed by atoms with Gasteiger partial charge in [0.2, 0.25) is 0 Å². The maximum atomic E-state index is 12.1. The first-order chi connectivity index (χ1) is 12.5. The minimum absolute atomic E-state index is 0.0142. The van der Waals surface area contributed by atoms with Crippen LogP contribution in [0.2, 0.25) is 0 Å². The summed E-state index contributed by atoms with van der Waals surface area (Å²) in [5.41, 5.74) is 3.13. The minimum Gasteiger partial charge on any atom is -0.490 e. The maximum absolute atomic E-state index is 12.1. The van der Waals surface area contributed by atoms with E-state index in [1.807, 2.05) is 64.1 Å². The van der Waals surface area contributed by atoms with Crippen LogP contribution in [0.25, 0.3) is 0 Å². The Morgan fingerprint density at radius 3 is 2.38 bits per heavy atom. The molecule has 1 amide bonds. The van der Waals surface area contributed by atoms with E-state index in [1.54, 1.807) is 0 Å². The summed E-state index contributed by atoms with van der Waals surface area (Å²) >= 11 is 0. The van der Waals surface area contributed by atoms with Crippen molar-refractivity contribution in [3.8, 4) is 17.2 Å². The normalized spacial score (nSPS) is 10.3. The molecule has 5 heteroatoms. The molecule has 5 nitrogen and oxygen atoms in total. The van der Waals surface area contributed by atoms with Crippen LogP contribution in [0.5, 0.6) is 17.2 Å². The fraction of sp³-hybridized carbons (Fsp3) is 0.381. The predicted octanol–water partition coefficient (Wildman–Crippen LogP) is 3.80. The van der Waals surface area contributed by atoms with E-state index in [2.05, 4.69) is 5.32 Å². The number of carbonyl (C=O) groups is 1. The smallest absolute Gasteiger partial charge is 0.258 e. The number of amides is 1. The van der Waals surface area contributed by atoms with Crippen molar-refractivity contribution >= 4 is 5.91 Å². The summed E-state index contributed by atoms with van der Waals surface area (Å²) in [7, 11) is 0. The van der Waals surface area contributed by atoms with E-state index >= 15 is 0 Å². The number of hydrogen-bond acceptors (Lipinski definition) is 4. The summed E-state index contributed by atoms with van der Waals surface area (Å²) in [6.45, 7) is 9.38. The molecule has 0 bridgehead atoms. The van der Waals surface area contributed by atoms with Crippen molar-refractivity contribution < 1.29 is 19.0 Å². The molecule has 1 N–H and O–H groups in total. The molecule has 140 valence electrons. The van der Waals surface area contributed by atoms with Crippen molar-refractivity contribution in [1.82, 2.24) is 5.32 Å². The molecule has 2 aromatic carbocycles. The van der Waals surface area contributed by atoms with Gasteiger partial charge in [0.1, 0.15) is 5.75 Å². The Morgan fingerprint density at radius 1 is 0.923 bits per heavy atom. The van der Waals surface area contributed by atoms with Gasteiger partial charge in [0, 0.05) is 6.54 Å². The third-order valence-electron chi connectivity index (χ3n) is 4.01. The van der Waals surface area contributed by atoms with Gasteiger partial charge in [-0.1, -0.05) is 18.2 Å². The lowest BCUT2D eigenvalue weighted by Gasteiger charge is -2.13. The summed E-state index contributed by atoms with van der Waals surface area (Å²) in [6.07, 6.45) is 0. The molecular formula is C21H27NO4. The average molecular weight is 357 g/mol. The van der Waals surface area contributed by atoms with Crippen LogP contribution in [0.1, 0.15) is 30.5 Å². The Kier molecular flexibility index (Phi) is 7.33. The summed E-state index contributed by atoms with van der Waals surface area (Å²) in [5.74, 6) is 1.97. The van der Waals surface area contributed by atoms with E-state index < -0.39 is 0 Å². The van der Waals surface area contributed by atoms with Gasteiger partial charge in [-0.15, -0.1) is 0 Å². The van der Waals surface area contributed by atoms with Gasteiger partial charge in [-0.25, -0.2) is 0 Å². The highest BCUT2D eigenvalue weighted by Crippen LogP contribution is 2.28. The third kappa shape index (κ3) is 5.41. The molecule has 0 radical (unpaired) electrons. The summed E-state index contributed by atoms with van der Waals surface area (Å²) in [5, 5.41) is 2.86. The molecule has 0 spiro atoms. The third-order valence-corrected chi connectivity index (χ3v) is 4.01. The molecule has 26 heavy (non-hydrogen) atoms. The number of carbonyl (C=O) groups excluding carboxylic acids is 1. The number of benzene rings is 2.